The second-order valence-corrected chi connectivity index (χ2v) is 5.70. The first-order chi connectivity index (χ1) is 9.67. The van der Waals surface area contributed by atoms with E-state index in [4.69, 9.17) is 4.74 Å². The number of Topliss-reactive ketones (excluding diaryl/α,β-unsaturated/α-hetero) is 1. The van der Waals surface area contributed by atoms with E-state index in [0.717, 1.165) is 36.8 Å². The maximum absolute atomic E-state index is 12.3. The molecule has 106 valence electrons. The molecule has 1 saturated carbocycles. The molecule has 0 aliphatic heterocycles. The van der Waals surface area contributed by atoms with Gasteiger partial charge in [0.2, 0.25) is 0 Å². The Kier molecular flexibility index (Phi) is 3.24. The Labute approximate surface area is 118 Å². The summed E-state index contributed by atoms with van der Waals surface area (Å²) in [6.07, 6.45) is 4.12. The van der Waals surface area contributed by atoms with E-state index < -0.39 is 11.6 Å². The molecule has 20 heavy (non-hydrogen) atoms. The van der Waals surface area contributed by atoms with Crippen LogP contribution in [0.3, 0.4) is 0 Å². The SMILES string of the molecule is COC(=O)NC12CCCCC1CC(=O)c1ccccc12. The number of amides is 1. The van der Waals surface area contributed by atoms with Gasteiger partial charge in [0.1, 0.15) is 0 Å². The average molecular weight is 273 g/mol. The Morgan fingerprint density at radius 2 is 2.15 bits per heavy atom. The number of rotatable bonds is 1. The lowest BCUT2D eigenvalue weighted by molar-refractivity contribution is 0.0735. The van der Waals surface area contributed by atoms with E-state index in [1.54, 1.807) is 0 Å². The third-order valence-corrected chi connectivity index (χ3v) is 4.72. The maximum Gasteiger partial charge on any atom is 0.407 e. The van der Waals surface area contributed by atoms with Crippen molar-refractivity contribution >= 4 is 11.9 Å². The molecule has 1 fully saturated rings. The molecule has 1 amide bonds. The van der Waals surface area contributed by atoms with E-state index in [2.05, 4.69) is 5.32 Å². The molecule has 4 nitrogen and oxygen atoms in total. The van der Waals surface area contributed by atoms with Gasteiger partial charge in [-0.15, -0.1) is 0 Å². The molecule has 4 heteroatoms. The second-order valence-electron chi connectivity index (χ2n) is 5.70. The van der Waals surface area contributed by atoms with Crippen LogP contribution in [0.15, 0.2) is 24.3 Å². The topological polar surface area (TPSA) is 55.4 Å². The molecule has 0 radical (unpaired) electrons. The van der Waals surface area contributed by atoms with Crippen molar-refractivity contribution in [1.29, 1.82) is 0 Å². The van der Waals surface area contributed by atoms with Crippen molar-refractivity contribution in [2.24, 2.45) is 5.92 Å². The number of fused-ring (bicyclic) bond motifs is 3. The zero-order valence-corrected chi connectivity index (χ0v) is 11.6. The van der Waals surface area contributed by atoms with Crippen LogP contribution in [0.1, 0.15) is 48.0 Å². The second kappa shape index (κ2) is 4.93. The molecule has 0 saturated heterocycles. The monoisotopic (exact) mass is 273 g/mol. The average Bonchev–Trinajstić information content (AvgIpc) is 2.48. The zero-order valence-electron chi connectivity index (χ0n) is 11.6. The number of hydrogen-bond acceptors (Lipinski definition) is 3. The van der Waals surface area contributed by atoms with Gasteiger partial charge in [0, 0.05) is 12.0 Å². The van der Waals surface area contributed by atoms with E-state index in [9.17, 15) is 9.59 Å². The predicted octanol–water partition coefficient (Wildman–Crippen LogP) is 3.01. The lowest BCUT2D eigenvalue weighted by Crippen LogP contribution is -2.55. The third-order valence-electron chi connectivity index (χ3n) is 4.72. The van der Waals surface area contributed by atoms with Crippen molar-refractivity contribution in [3.63, 3.8) is 0 Å². The molecule has 3 rings (SSSR count). The standard InChI is InChI=1S/C16H19NO3/c1-20-15(19)17-16-9-5-4-6-11(16)10-14(18)12-7-2-3-8-13(12)16/h2-3,7-8,11H,4-6,9-10H2,1H3,(H,17,19). The van der Waals surface area contributed by atoms with Crippen molar-refractivity contribution in [1.82, 2.24) is 5.32 Å². The molecule has 2 aliphatic carbocycles. The van der Waals surface area contributed by atoms with E-state index in [1.807, 2.05) is 24.3 Å². The van der Waals surface area contributed by atoms with Crippen LogP contribution >= 0.6 is 0 Å². The molecule has 0 aromatic heterocycles. The smallest absolute Gasteiger partial charge is 0.407 e. The summed E-state index contributed by atoms with van der Waals surface area (Å²) in [6, 6.07) is 7.65. The summed E-state index contributed by atoms with van der Waals surface area (Å²) in [5.41, 5.74) is 1.28. The third kappa shape index (κ3) is 1.90. The molecule has 2 unspecified atom stereocenters. The molecule has 1 N–H and O–H groups in total. The Hall–Kier alpha value is -1.84. The van der Waals surface area contributed by atoms with E-state index >= 15 is 0 Å². The Morgan fingerprint density at radius 3 is 2.95 bits per heavy atom. The zero-order chi connectivity index (χ0) is 14.2. The van der Waals surface area contributed by atoms with Gasteiger partial charge >= 0.3 is 6.09 Å². The highest BCUT2D eigenvalue weighted by atomic mass is 16.5. The fourth-order valence-corrected chi connectivity index (χ4v) is 3.79. The van der Waals surface area contributed by atoms with Gasteiger partial charge in [-0.2, -0.15) is 0 Å². The largest absolute Gasteiger partial charge is 0.453 e. The lowest BCUT2D eigenvalue weighted by atomic mass is 9.62. The predicted molar refractivity (Wildman–Crippen MR) is 74.6 cm³/mol. The molecule has 1 aromatic rings. The van der Waals surface area contributed by atoms with Crippen molar-refractivity contribution in [3.05, 3.63) is 35.4 Å². The van der Waals surface area contributed by atoms with Crippen LogP contribution in [-0.2, 0) is 10.3 Å². The lowest BCUT2D eigenvalue weighted by Gasteiger charge is -2.48. The van der Waals surface area contributed by atoms with Gasteiger partial charge in [0.25, 0.3) is 0 Å². The minimum atomic E-state index is -0.435. The van der Waals surface area contributed by atoms with Crippen molar-refractivity contribution in [2.45, 2.75) is 37.6 Å². The van der Waals surface area contributed by atoms with Gasteiger partial charge in [-0.1, -0.05) is 37.1 Å². The summed E-state index contributed by atoms with van der Waals surface area (Å²) in [4.78, 5) is 24.1. The molecule has 0 spiro atoms. The van der Waals surface area contributed by atoms with Gasteiger partial charge in [-0.05, 0) is 24.3 Å². The van der Waals surface area contributed by atoms with Crippen molar-refractivity contribution < 1.29 is 14.3 Å². The number of ether oxygens (including phenoxy) is 1. The molecule has 0 heterocycles. The maximum atomic E-state index is 12.3. The summed E-state index contributed by atoms with van der Waals surface area (Å²) >= 11 is 0. The van der Waals surface area contributed by atoms with Gasteiger partial charge in [-0.3, -0.25) is 4.79 Å². The Bertz CT molecular complexity index is 554. The molecular formula is C16H19NO3. The fourth-order valence-electron chi connectivity index (χ4n) is 3.79. The molecule has 2 aliphatic rings. The fraction of sp³-hybridized carbons (Fsp3) is 0.500. The van der Waals surface area contributed by atoms with Crippen LogP contribution in [-0.4, -0.2) is 19.0 Å². The quantitative estimate of drug-likeness (QED) is 0.855. The van der Waals surface area contributed by atoms with Gasteiger partial charge < -0.3 is 10.1 Å². The number of carbonyl (C=O) groups is 2. The van der Waals surface area contributed by atoms with E-state index in [-0.39, 0.29) is 11.7 Å². The van der Waals surface area contributed by atoms with Gasteiger partial charge in [0.05, 0.1) is 12.6 Å². The number of alkyl carbamates (subject to hydrolysis) is 1. The molecular weight excluding hydrogens is 254 g/mol. The summed E-state index contributed by atoms with van der Waals surface area (Å²) in [5.74, 6) is 0.368. The highest BCUT2D eigenvalue weighted by Crippen LogP contribution is 2.48. The van der Waals surface area contributed by atoms with E-state index in [0.29, 0.717) is 6.42 Å². The minimum Gasteiger partial charge on any atom is -0.453 e. The highest BCUT2D eigenvalue weighted by molar-refractivity contribution is 5.99. The summed E-state index contributed by atoms with van der Waals surface area (Å²) in [5, 5.41) is 3.05. The van der Waals surface area contributed by atoms with Crippen molar-refractivity contribution in [3.8, 4) is 0 Å². The van der Waals surface area contributed by atoms with E-state index in [1.165, 1.54) is 7.11 Å². The first-order valence-electron chi connectivity index (χ1n) is 7.16. The number of hydrogen-bond donors (Lipinski definition) is 1. The number of methoxy groups -OCH3 is 1. The van der Waals surface area contributed by atoms with Crippen LogP contribution in [0.2, 0.25) is 0 Å². The first kappa shape index (κ1) is 13.2. The normalized spacial score (nSPS) is 28.2. The number of nitrogens with one attached hydrogen (secondary N) is 1. The van der Waals surface area contributed by atoms with Crippen LogP contribution in [0.25, 0.3) is 0 Å². The van der Waals surface area contributed by atoms with Crippen molar-refractivity contribution in [2.75, 3.05) is 7.11 Å². The summed E-state index contributed by atoms with van der Waals surface area (Å²) < 4.78 is 4.80. The summed E-state index contributed by atoms with van der Waals surface area (Å²) in [6.45, 7) is 0. The number of carbonyl (C=O) groups excluding carboxylic acids is 2. The Morgan fingerprint density at radius 1 is 1.35 bits per heavy atom. The number of ketones is 1. The van der Waals surface area contributed by atoms with Crippen LogP contribution in [0, 0.1) is 5.92 Å². The molecule has 1 aromatic carbocycles. The van der Waals surface area contributed by atoms with Gasteiger partial charge in [-0.25, -0.2) is 4.79 Å². The highest BCUT2D eigenvalue weighted by Gasteiger charge is 2.49. The van der Waals surface area contributed by atoms with Crippen LogP contribution in [0.4, 0.5) is 4.79 Å². The summed E-state index contributed by atoms with van der Waals surface area (Å²) in [7, 11) is 1.38. The number of benzene rings is 1. The molecule has 2 atom stereocenters. The first-order valence-corrected chi connectivity index (χ1v) is 7.16. The van der Waals surface area contributed by atoms with Gasteiger partial charge in [0.15, 0.2) is 5.78 Å². The molecule has 0 bridgehead atoms. The van der Waals surface area contributed by atoms with Crippen LogP contribution < -0.4 is 5.32 Å². The van der Waals surface area contributed by atoms with Crippen LogP contribution in [0.5, 0.6) is 0 Å². The Balaban J connectivity index is 2.11. The minimum absolute atomic E-state index is 0.178.